The number of anilines is 1. The lowest BCUT2D eigenvalue weighted by Crippen LogP contribution is -2.48. The van der Waals surface area contributed by atoms with Crippen LogP contribution in [0.2, 0.25) is 0 Å². The minimum absolute atomic E-state index is 0.0939. The second-order valence-electron chi connectivity index (χ2n) is 9.46. The van der Waals surface area contributed by atoms with Crippen molar-refractivity contribution in [1.82, 2.24) is 0 Å². The highest BCUT2D eigenvalue weighted by Crippen LogP contribution is 2.60. The fourth-order valence-corrected chi connectivity index (χ4v) is 8.04. The second-order valence-corrected chi connectivity index (χ2v) is 11.3. The molecule has 4 aliphatic rings. The highest BCUT2D eigenvalue weighted by Gasteiger charge is 2.51. The molecule has 4 aliphatic carbocycles. The van der Waals surface area contributed by atoms with Gasteiger partial charge in [0.05, 0.1) is 10.6 Å². The van der Waals surface area contributed by atoms with Gasteiger partial charge in [0.25, 0.3) is 10.0 Å². The van der Waals surface area contributed by atoms with Gasteiger partial charge < -0.3 is 5.11 Å². The molecule has 2 aromatic rings. The van der Waals surface area contributed by atoms with E-state index in [1.54, 1.807) is 30.3 Å². The van der Waals surface area contributed by atoms with E-state index >= 15 is 0 Å². The molecule has 30 heavy (non-hydrogen) atoms. The van der Waals surface area contributed by atoms with Crippen molar-refractivity contribution in [2.45, 2.75) is 48.8 Å². The Kier molecular flexibility index (Phi) is 4.65. The summed E-state index contributed by atoms with van der Waals surface area (Å²) in [6.07, 6.45) is 7.83. The molecule has 0 aromatic heterocycles. The Morgan fingerprint density at radius 3 is 1.93 bits per heavy atom. The lowest BCUT2D eigenvalue weighted by atomic mass is 9.48. The highest BCUT2D eigenvalue weighted by atomic mass is 32.2. The summed E-state index contributed by atoms with van der Waals surface area (Å²) < 4.78 is 27.3. The average molecular weight is 426 g/mol. The zero-order chi connectivity index (χ0) is 20.9. The first kappa shape index (κ1) is 19.6. The van der Waals surface area contributed by atoms with Gasteiger partial charge in [-0.2, -0.15) is 0 Å². The summed E-state index contributed by atoms with van der Waals surface area (Å²) in [6, 6.07) is 15.7. The first-order valence-electron chi connectivity index (χ1n) is 10.8. The molecule has 0 saturated heterocycles. The molecule has 0 aliphatic heterocycles. The van der Waals surface area contributed by atoms with E-state index in [0.717, 1.165) is 22.1 Å². The lowest BCUT2D eigenvalue weighted by Gasteiger charge is -2.57. The summed E-state index contributed by atoms with van der Waals surface area (Å²) in [5, 5.41) is 9.36. The fraction of sp³-hybridized carbons (Fsp3) is 0.458. The summed E-state index contributed by atoms with van der Waals surface area (Å²) in [7, 11) is -3.95. The molecule has 4 bridgehead atoms. The van der Waals surface area contributed by atoms with Crippen LogP contribution in [0.4, 0.5) is 5.69 Å². The average Bonchev–Trinajstić information content (AvgIpc) is 2.72. The van der Waals surface area contributed by atoms with Gasteiger partial charge in [0.2, 0.25) is 0 Å². The topological polar surface area (TPSA) is 74.7 Å². The van der Waals surface area contributed by atoms with Crippen molar-refractivity contribution in [3.63, 3.8) is 0 Å². The molecule has 0 spiro atoms. The SMILES string of the molecule is O=C(O)CN(c1ccc(C23CC4CC(CC(C4)C2)C3)cc1)S(=O)(=O)c1ccccc1. The largest absolute Gasteiger partial charge is 0.480 e. The number of sulfonamides is 1. The van der Waals surface area contributed by atoms with Crippen molar-refractivity contribution >= 4 is 21.7 Å². The molecule has 5 nitrogen and oxygen atoms in total. The molecule has 4 fully saturated rings. The van der Waals surface area contributed by atoms with Crippen LogP contribution in [0.3, 0.4) is 0 Å². The Morgan fingerprint density at radius 2 is 1.43 bits per heavy atom. The van der Waals surface area contributed by atoms with Crippen molar-refractivity contribution < 1.29 is 18.3 Å². The van der Waals surface area contributed by atoms with Gasteiger partial charge in [0.15, 0.2) is 0 Å². The minimum Gasteiger partial charge on any atom is -0.480 e. The van der Waals surface area contributed by atoms with Gasteiger partial charge in [0.1, 0.15) is 6.54 Å². The van der Waals surface area contributed by atoms with E-state index in [0.29, 0.717) is 5.69 Å². The van der Waals surface area contributed by atoms with Crippen molar-refractivity contribution in [2.75, 3.05) is 10.8 Å². The van der Waals surface area contributed by atoms with Crippen LogP contribution in [0.5, 0.6) is 0 Å². The van der Waals surface area contributed by atoms with Gasteiger partial charge in [-0.25, -0.2) is 8.42 Å². The van der Waals surface area contributed by atoms with E-state index in [1.165, 1.54) is 56.2 Å². The number of hydrogen-bond donors (Lipinski definition) is 1. The Balaban J connectivity index is 1.48. The predicted octanol–water partition coefficient (Wildman–Crippen LogP) is 4.43. The molecule has 1 N–H and O–H groups in total. The lowest BCUT2D eigenvalue weighted by molar-refractivity contribution is -0.135. The van der Waals surface area contributed by atoms with Gasteiger partial charge in [0, 0.05) is 0 Å². The molecule has 0 amide bonds. The van der Waals surface area contributed by atoms with Crippen LogP contribution in [-0.2, 0) is 20.2 Å². The monoisotopic (exact) mass is 425 g/mol. The van der Waals surface area contributed by atoms with Gasteiger partial charge in [-0.05, 0) is 91.5 Å². The second kappa shape index (κ2) is 7.12. The summed E-state index contributed by atoms with van der Waals surface area (Å²) >= 11 is 0. The van der Waals surface area contributed by atoms with Crippen molar-refractivity contribution in [1.29, 1.82) is 0 Å². The molecule has 6 rings (SSSR count). The minimum atomic E-state index is -3.95. The van der Waals surface area contributed by atoms with Crippen LogP contribution in [0.15, 0.2) is 59.5 Å². The molecule has 2 aromatic carbocycles. The van der Waals surface area contributed by atoms with Crippen LogP contribution in [0.1, 0.15) is 44.1 Å². The maximum atomic E-state index is 13.1. The maximum absolute atomic E-state index is 13.1. The molecular weight excluding hydrogens is 398 g/mol. The molecule has 4 saturated carbocycles. The van der Waals surface area contributed by atoms with Crippen LogP contribution < -0.4 is 4.31 Å². The van der Waals surface area contributed by atoms with E-state index < -0.39 is 22.5 Å². The van der Waals surface area contributed by atoms with E-state index in [-0.39, 0.29) is 10.3 Å². The van der Waals surface area contributed by atoms with Crippen molar-refractivity contribution in [3.8, 4) is 0 Å². The van der Waals surface area contributed by atoms with Gasteiger partial charge in [-0.15, -0.1) is 0 Å². The summed E-state index contributed by atoms with van der Waals surface area (Å²) in [5.41, 5.74) is 1.91. The number of hydrogen-bond acceptors (Lipinski definition) is 3. The zero-order valence-electron chi connectivity index (χ0n) is 16.9. The number of carbonyl (C=O) groups is 1. The smallest absolute Gasteiger partial charge is 0.324 e. The molecule has 0 radical (unpaired) electrons. The van der Waals surface area contributed by atoms with Gasteiger partial charge >= 0.3 is 5.97 Å². The van der Waals surface area contributed by atoms with E-state index in [1.807, 2.05) is 12.1 Å². The summed E-state index contributed by atoms with van der Waals surface area (Å²) in [5.74, 6) is 1.31. The van der Waals surface area contributed by atoms with E-state index in [2.05, 4.69) is 0 Å². The third kappa shape index (κ3) is 3.31. The molecule has 158 valence electrons. The number of nitrogens with zero attached hydrogens (tertiary/aromatic N) is 1. The van der Waals surface area contributed by atoms with Crippen LogP contribution in [0, 0.1) is 17.8 Å². The number of benzene rings is 2. The van der Waals surface area contributed by atoms with Gasteiger partial charge in [-0.1, -0.05) is 30.3 Å². The Morgan fingerprint density at radius 1 is 0.900 bits per heavy atom. The zero-order valence-corrected chi connectivity index (χ0v) is 17.7. The molecule has 6 heteroatoms. The maximum Gasteiger partial charge on any atom is 0.324 e. The van der Waals surface area contributed by atoms with Crippen LogP contribution in [0.25, 0.3) is 0 Å². The fourth-order valence-electron chi connectivity index (χ4n) is 6.60. The molecule has 0 unspecified atom stereocenters. The van der Waals surface area contributed by atoms with Crippen LogP contribution >= 0.6 is 0 Å². The standard InChI is InChI=1S/C24H27NO4S/c26-23(27)16-25(30(28,29)22-4-2-1-3-5-22)21-8-6-20(7-9-21)24-13-17-10-18(14-24)12-19(11-17)15-24/h1-9,17-19H,10-16H2,(H,26,27). The number of aliphatic carboxylic acids is 1. The van der Waals surface area contributed by atoms with Crippen molar-refractivity contribution in [3.05, 3.63) is 60.2 Å². The third-order valence-electron chi connectivity index (χ3n) is 7.42. The summed E-state index contributed by atoms with van der Waals surface area (Å²) in [6.45, 7) is -0.603. The Hall–Kier alpha value is -2.34. The number of rotatable bonds is 6. The third-order valence-corrected chi connectivity index (χ3v) is 9.20. The molecule has 0 heterocycles. The number of carboxylic acid groups (broad SMARTS) is 1. The van der Waals surface area contributed by atoms with Gasteiger partial charge in [-0.3, -0.25) is 9.10 Å². The van der Waals surface area contributed by atoms with E-state index in [4.69, 9.17) is 0 Å². The Bertz CT molecular complexity index is 1010. The van der Waals surface area contributed by atoms with Crippen LogP contribution in [-0.4, -0.2) is 26.0 Å². The predicted molar refractivity (Wildman–Crippen MR) is 115 cm³/mol. The summed E-state index contributed by atoms with van der Waals surface area (Å²) in [4.78, 5) is 11.5. The van der Waals surface area contributed by atoms with E-state index in [9.17, 15) is 18.3 Å². The highest BCUT2D eigenvalue weighted by molar-refractivity contribution is 7.92. The Labute approximate surface area is 177 Å². The first-order valence-corrected chi connectivity index (χ1v) is 12.2. The number of carboxylic acids is 1. The first-order chi connectivity index (χ1) is 14.4. The normalized spacial score (nSPS) is 29.7. The molecular formula is C24H27NO4S. The quantitative estimate of drug-likeness (QED) is 0.743. The molecule has 0 atom stereocenters. The van der Waals surface area contributed by atoms with Crippen molar-refractivity contribution in [2.24, 2.45) is 17.8 Å².